The molecule has 0 unspecified atom stereocenters. The van der Waals surface area contributed by atoms with Gasteiger partial charge in [-0.3, -0.25) is 9.36 Å². The van der Waals surface area contributed by atoms with Crippen LogP contribution in [0.5, 0.6) is 5.75 Å². The SMILES string of the molecule is Cn1c(-c2ccc(OC3CCN(C4CC4)CC3)cc2)nc2ccccc2c1=O. The van der Waals surface area contributed by atoms with E-state index in [9.17, 15) is 4.79 Å². The third kappa shape index (κ3) is 3.31. The largest absolute Gasteiger partial charge is 0.490 e. The van der Waals surface area contributed by atoms with Gasteiger partial charge in [-0.2, -0.15) is 0 Å². The van der Waals surface area contributed by atoms with E-state index in [1.165, 1.54) is 12.8 Å². The number of hydrogen-bond donors (Lipinski definition) is 0. The normalized spacial score (nSPS) is 18.5. The molecule has 3 aromatic rings. The predicted octanol–water partition coefficient (Wildman–Crippen LogP) is 3.61. The first kappa shape index (κ1) is 17.4. The van der Waals surface area contributed by atoms with Crippen molar-refractivity contribution in [1.82, 2.24) is 14.5 Å². The van der Waals surface area contributed by atoms with Crippen LogP contribution in [-0.4, -0.2) is 39.7 Å². The molecule has 0 atom stereocenters. The van der Waals surface area contributed by atoms with E-state index in [-0.39, 0.29) is 5.56 Å². The number of rotatable bonds is 4. The predicted molar refractivity (Wildman–Crippen MR) is 111 cm³/mol. The number of piperidine rings is 1. The lowest BCUT2D eigenvalue weighted by Gasteiger charge is -2.32. The van der Waals surface area contributed by atoms with Crippen LogP contribution in [0.3, 0.4) is 0 Å². The van der Waals surface area contributed by atoms with Crippen molar-refractivity contribution in [3.63, 3.8) is 0 Å². The highest BCUT2D eigenvalue weighted by Crippen LogP contribution is 2.30. The quantitative estimate of drug-likeness (QED) is 0.699. The van der Waals surface area contributed by atoms with Crippen molar-refractivity contribution in [2.45, 2.75) is 37.8 Å². The number of hydrogen-bond acceptors (Lipinski definition) is 4. The molecule has 0 amide bonds. The maximum absolute atomic E-state index is 12.6. The molecule has 1 saturated carbocycles. The summed E-state index contributed by atoms with van der Waals surface area (Å²) >= 11 is 0. The van der Waals surface area contributed by atoms with Crippen molar-refractivity contribution in [2.75, 3.05) is 13.1 Å². The van der Waals surface area contributed by atoms with Gasteiger partial charge in [0.15, 0.2) is 0 Å². The molecule has 1 aromatic heterocycles. The van der Waals surface area contributed by atoms with Gasteiger partial charge in [-0.15, -0.1) is 0 Å². The maximum atomic E-state index is 12.6. The van der Waals surface area contributed by atoms with Crippen molar-refractivity contribution >= 4 is 10.9 Å². The van der Waals surface area contributed by atoms with Gasteiger partial charge in [0.05, 0.1) is 10.9 Å². The molecule has 5 heteroatoms. The van der Waals surface area contributed by atoms with Crippen molar-refractivity contribution < 1.29 is 4.74 Å². The first-order valence-corrected chi connectivity index (χ1v) is 10.2. The second kappa shape index (κ2) is 7.06. The third-order valence-electron chi connectivity index (χ3n) is 5.94. The lowest BCUT2D eigenvalue weighted by molar-refractivity contribution is 0.0965. The minimum absolute atomic E-state index is 0.0247. The van der Waals surface area contributed by atoms with E-state index >= 15 is 0 Å². The van der Waals surface area contributed by atoms with Gasteiger partial charge in [0.25, 0.3) is 5.56 Å². The molecule has 0 spiro atoms. The summed E-state index contributed by atoms with van der Waals surface area (Å²) in [6, 6.07) is 16.3. The van der Waals surface area contributed by atoms with E-state index in [0.717, 1.165) is 48.8 Å². The van der Waals surface area contributed by atoms with E-state index < -0.39 is 0 Å². The molecule has 2 fully saturated rings. The van der Waals surface area contributed by atoms with Crippen molar-refractivity contribution in [3.8, 4) is 17.1 Å². The maximum Gasteiger partial charge on any atom is 0.261 e. The van der Waals surface area contributed by atoms with Gasteiger partial charge in [-0.25, -0.2) is 4.98 Å². The minimum Gasteiger partial charge on any atom is -0.490 e. The second-order valence-electron chi connectivity index (χ2n) is 7.93. The van der Waals surface area contributed by atoms with Crippen LogP contribution < -0.4 is 10.3 Å². The van der Waals surface area contributed by atoms with Crippen molar-refractivity contribution in [3.05, 3.63) is 58.9 Å². The Morgan fingerprint density at radius 2 is 1.68 bits per heavy atom. The molecule has 28 heavy (non-hydrogen) atoms. The fourth-order valence-electron chi connectivity index (χ4n) is 4.15. The summed E-state index contributed by atoms with van der Waals surface area (Å²) in [6.07, 6.45) is 5.23. The standard InChI is InChI=1S/C23H25N3O2/c1-25-22(24-21-5-3-2-4-20(21)23(25)27)16-6-10-18(11-7-16)28-19-12-14-26(15-13-19)17-8-9-17/h2-7,10-11,17,19H,8-9,12-15H2,1H3. The average molecular weight is 375 g/mol. The summed E-state index contributed by atoms with van der Waals surface area (Å²) in [6.45, 7) is 2.30. The highest BCUT2D eigenvalue weighted by atomic mass is 16.5. The molecule has 2 heterocycles. The monoisotopic (exact) mass is 375 g/mol. The number of para-hydroxylation sites is 1. The van der Waals surface area contributed by atoms with Gasteiger partial charge in [0, 0.05) is 31.7 Å². The zero-order valence-corrected chi connectivity index (χ0v) is 16.2. The van der Waals surface area contributed by atoms with Crippen LogP contribution in [-0.2, 0) is 7.05 Å². The summed E-state index contributed by atoms with van der Waals surface area (Å²) < 4.78 is 7.82. The first-order valence-electron chi connectivity index (χ1n) is 10.2. The number of ether oxygens (including phenoxy) is 1. The molecule has 0 bridgehead atoms. The highest BCUT2D eigenvalue weighted by Gasteiger charge is 2.32. The van der Waals surface area contributed by atoms with Gasteiger partial charge < -0.3 is 9.64 Å². The summed E-state index contributed by atoms with van der Waals surface area (Å²) in [5, 5.41) is 0.645. The molecule has 1 saturated heterocycles. The van der Waals surface area contributed by atoms with E-state index in [0.29, 0.717) is 17.3 Å². The lowest BCUT2D eigenvalue weighted by Crippen LogP contribution is -2.39. The number of likely N-dealkylation sites (tertiary alicyclic amines) is 1. The van der Waals surface area contributed by atoms with Crippen LogP contribution in [0.25, 0.3) is 22.3 Å². The smallest absolute Gasteiger partial charge is 0.261 e. The van der Waals surface area contributed by atoms with Gasteiger partial charge in [-0.1, -0.05) is 12.1 Å². The topological polar surface area (TPSA) is 47.4 Å². The molecule has 2 aliphatic rings. The molecule has 0 N–H and O–H groups in total. The Morgan fingerprint density at radius 1 is 0.964 bits per heavy atom. The molecule has 5 rings (SSSR count). The molecule has 2 aromatic carbocycles. The van der Waals surface area contributed by atoms with Gasteiger partial charge in [-0.05, 0) is 62.1 Å². The van der Waals surface area contributed by atoms with E-state index in [1.807, 2.05) is 48.5 Å². The van der Waals surface area contributed by atoms with Crippen LogP contribution in [0.4, 0.5) is 0 Å². The zero-order chi connectivity index (χ0) is 19.1. The van der Waals surface area contributed by atoms with E-state index in [2.05, 4.69) is 4.90 Å². The highest BCUT2D eigenvalue weighted by molar-refractivity contribution is 5.79. The van der Waals surface area contributed by atoms with Gasteiger partial charge in [0.2, 0.25) is 0 Å². The molecule has 144 valence electrons. The molecule has 5 nitrogen and oxygen atoms in total. The number of nitrogens with zero attached hydrogens (tertiary/aromatic N) is 3. The Bertz CT molecular complexity index is 1050. The Balaban J connectivity index is 1.33. The molecule has 1 aliphatic heterocycles. The van der Waals surface area contributed by atoms with Gasteiger partial charge in [0.1, 0.15) is 17.7 Å². The number of benzene rings is 2. The first-order chi connectivity index (χ1) is 13.7. The number of fused-ring (bicyclic) bond motifs is 1. The van der Waals surface area contributed by atoms with E-state index in [1.54, 1.807) is 11.6 Å². The van der Waals surface area contributed by atoms with Crippen molar-refractivity contribution in [1.29, 1.82) is 0 Å². The molecule has 0 radical (unpaired) electrons. The minimum atomic E-state index is -0.0247. The number of aromatic nitrogens is 2. The Hall–Kier alpha value is -2.66. The summed E-state index contributed by atoms with van der Waals surface area (Å²) in [4.78, 5) is 19.9. The fraction of sp³-hybridized carbons (Fsp3) is 0.391. The molecular formula is C23H25N3O2. The summed E-state index contributed by atoms with van der Waals surface area (Å²) in [5.41, 5.74) is 1.62. The zero-order valence-electron chi connectivity index (χ0n) is 16.2. The average Bonchev–Trinajstić information content (AvgIpc) is 3.57. The van der Waals surface area contributed by atoms with Crippen molar-refractivity contribution in [2.24, 2.45) is 7.05 Å². The fourth-order valence-corrected chi connectivity index (χ4v) is 4.15. The van der Waals surface area contributed by atoms with Crippen LogP contribution in [0.2, 0.25) is 0 Å². The third-order valence-corrected chi connectivity index (χ3v) is 5.94. The second-order valence-corrected chi connectivity index (χ2v) is 7.93. The summed E-state index contributed by atoms with van der Waals surface area (Å²) in [5.74, 6) is 1.56. The van der Waals surface area contributed by atoms with E-state index in [4.69, 9.17) is 9.72 Å². The van der Waals surface area contributed by atoms with Crippen LogP contribution in [0.15, 0.2) is 53.3 Å². The lowest BCUT2D eigenvalue weighted by atomic mass is 10.1. The van der Waals surface area contributed by atoms with Crippen LogP contribution >= 0.6 is 0 Å². The Labute approximate surface area is 164 Å². The Morgan fingerprint density at radius 3 is 2.39 bits per heavy atom. The molecular weight excluding hydrogens is 350 g/mol. The van der Waals surface area contributed by atoms with Crippen LogP contribution in [0.1, 0.15) is 25.7 Å². The van der Waals surface area contributed by atoms with Crippen LogP contribution in [0, 0.1) is 0 Å². The summed E-state index contributed by atoms with van der Waals surface area (Å²) in [7, 11) is 1.77. The molecule has 1 aliphatic carbocycles. The van der Waals surface area contributed by atoms with Gasteiger partial charge >= 0.3 is 0 Å². The Kier molecular flexibility index (Phi) is 4.40.